The quantitative estimate of drug-likeness (QED) is 0.296. The molecule has 0 N–H and O–H groups in total. The Bertz CT molecular complexity index is 1350. The molecule has 4 aromatic rings. The Labute approximate surface area is 207 Å². The maximum Gasteiger partial charge on any atom is 0.138 e. The van der Waals surface area contributed by atoms with E-state index >= 15 is 0 Å². The monoisotopic (exact) mass is 473 g/mol. The van der Waals surface area contributed by atoms with Crippen molar-refractivity contribution in [2.75, 3.05) is 0 Å². The topological polar surface area (TPSA) is 47.8 Å². The number of Topliss-reactive ketones (excluding diaryl/α,β-unsaturated/α-hetero) is 1. The van der Waals surface area contributed by atoms with Crippen LogP contribution < -0.4 is 0 Å². The van der Waals surface area contributed by atoms with E-state index in [1.54, 1.807) is 4.80 Å². The summed E-state index contributed by atoms with van der Waals surface area (Å²) in [5.41, 5.74) is 6.55. The van der Waals surface area contributed by atoms with Gasteiger partial charge in [0.25, 0.3) is 0 Å². The number of carbonyl (C=O) groups is 1. The largest absolute Gasteiger partial charge is 0.299 e. The van der Waals surface area contributed by atoms with E-state index in [9.17, 15) is 4.79 Å². The highest BCUT2D eigenvalue weighted by Gasteiger charge is 2.28. The SMILES string of the molecule is Cc1c(-n2nc3ccc(Cl)cc3n2)cc(CCC(=O)C(C)(C)C)cc1C(C)(C)c1ccccc1. The van der Waals surface area contributed by atoms with Crippen molar-refractivity contribution in [2.24, 2.45) is 5.41 Å². The summed E-state index contributed by atoms with van der Waals surface area (Å²) in [6.07, 6.45) is 1.18. The van der Waals surface area contributed by atoms with Crippen LogP contribution in [0.3, 0.4) is 0 Å². The number of aromatic nitrogens is 3. The van der Waals surface area contributed by atoms with Crippen molar-refractivity contribution in [1.29, 1.82) is 0 Å². The van der Waals surface area contributed by atoms with Gasteiger partial charge in [-0.05, 0) is 59.9 Å². The van der Waals surface area contributed by atoms with Crippen molar-refractivity contribution in [2.45, 2.75) is 59.8 Å². The van der Waals surface area contributed by atoms with Crippen molar-refractivity contribution in [3.05, 3.63) is 87.9 Å². The van der Waals surface area contributed by atoms with Gasteiger partial charge in [-0.3, -0.25) is 4.79 Å². The maximum absolute atomic E-state index is 12.7. The summed E-state index contributed by atoms with van der Waals surface area (Å²) in [7, 11) is 0. The Kier molecular flexibility index (Phi) is 6.39. The van der Waals surface area contributed by atoms with E-state index in [2.05, 4.69) is 57.2 Å². The number of rotatable bonds is 6. The summed E-state index contributed by atoms with van der Waals surface area (Å²) in [6.45, 7) is 12.5. The molecule has 0 radical (unpaired) electrons. The lowest BCUT2D eigenvalue weighted by atomic mass is 9.75. The molecule has 34 heavy (non-hydrogen) atoms. The van der Waals surface area contributed by atoms with Crippen LogP contribution in [-0.2, 0) is 16.6 Å². The molecular weight excluding hydrogens is 442 g/mol. The normalized spacial score (nSPS) is 12.3. The zero-order valence-corrected chi connectivity index (χ0v) is 21.6. The van der Waals surface area contributed by atoms with E-state index in [0.29, 0.717) is 17.9 Å². The van der Waals surface area contributed by atoms with Gasteiger partial charge in [-0.25, -0.2) is 0 Å². The second-order valence-electron chi connectivity index (χ2n) is 10.6. The van der Waals surface area contributed by atoms with E-state index in [1.165, 1.54) is 11.1 Å². The van der Waals surface area contributed by atoms with Gasteiger partial charge in [0.15, 0.2) is 0 Å². The number of benzene rings is 3. The number of carbonyl (C=O) groups excluding carboxylic acids is 1. The molecule has 4 nitrogen and oxygen atoms in total. The van der Waals surface area contributed by atoms with Crippen molar-refractivity contribution >= 4 is 28.4 Å². The molecule has 5 heteroatoms. The van der Waals surface area contributed by atoms with Crippen molar-refractivity contribution in [3.8, 4) is 5.69 Å². The molecule has 0 unspecified atom stereocenters. The third-order valence-corrected chi connectivity index (χ3v) is 6.88. The Hall–Kier alpha value is -2.98. The molecular formula is C29H32ClN3O. The second-order valence-corrected chi connectivity index (χ2v) is 11.0. The number of nitrogens with zero attached hydrogens (tertiary/aromatic N) is 3. The minimum Gasteiger partial charge on any atom is -0.299 e. The zero-order valence-electron chi connectivity index (χ0n) is 20.8. The molecule has 0 aliphatic heterocycles. The molecule has 1 aromatic heterocycles. The van der Waals surface area contributed by atoms with Gasteiger partial charge >= 0.3 is 0 Å². The number of fused-ring (bicyclic) bond motifs is 1. The van der Waals surface area contributed by atoms with E-state index < -0.39 is 0 Å². The van der Waals surface area contributed by atoms with Crippen LogP contribution in [0.4, 0.5) is 0 Å². The smallest absolute Gasteiger partial charge is 0.138 e. The number of halogens is 1. The Morgan fingerprint density at radius 2 is 1.59 bits per heavy atom. The first kappa shape index (κ1) is 24.2. The summed E-state index contributed by atoms with van der Waals surface area (Å²) < 4.78 is 0. The molecule has 0 atom stereocenters. The van der Waals surface area contributed by atoms with Crippen molar-refractivity contribution in [3.63, 3.8) is 0 Å². The molecule has 176 valence electrons. The summed E-state index contributed by atoms with van der Waals surface area (Å²) in [5, 5.41) is 10.1. The molecule has 0 saturated heterocycles. The standard InChI is InChI=1S/C29H32ClN3O/c1-19-23(29(5,6)21-10-8-7-9-11-21)16-20(12-15-27(34)28(2,3)4)17-26(19)33-31-24-14-13-22(30)18-25(24)32-33/h7-11,13-14,16-18H,12,15H2,1-6H3. The fourth-order valence-corrected chi connectivity index (χ4v) is 4.56. The fourth-order valence-electron chi connectivity index (χ4n) is 4.40. The molecule has 0 fully saturated rings. The van der Waals surface area contributed by atoms with Gasteiger partial charge in [0.05, 0.1) is 5.69 Å². The Balaban J connectivity index is 1.85. The molecule has 0 spiro atoms. The highest BCUT2D eigenvalue weighted by atomic mass is 35.5. The van der Waals surface area contributed by atoms with Gasteiger partial charge in [-0.15, -0.1) is 10.2 Å². The molecule has 0 aliphatic carbocycles. The maximum atomic E-state index is 12.7. The van der Waals surface area contributed by atoms with Crippen LogP contribution in [0.1, 0.15) is 63.3 Å². The highest BCUT2D eigenvalue weighted by Crippen LogP contribution is 2.37. The van der Waals surface area contributed by atoms with Crippen molar-refractivity contribution in [1.82, 2.24) is 15.0 Å². The second kappa shape index (κ2) is 8.99. The first-order valence-corrected chi connectivity index (χ1v) is 12.1. The number of ketones is 1. The first-order chi connectivity index (χ1) is 16.0. The van der Waals surface area contributed by atoms with Gasteiger partial charge in [0, 0.05) is 22.3 Å². The zero-order chi connectivity index (χ0) is 24.7. The first-order valence-electron chi connectivity index (χ1n) is 11.7. The molecule has 0 saturated carbocycles. The predicted molar refractivity (Wildman–Crippen MR) is 140 cm³/mol. The number of hydrogen-bond acceptors (Lipinski definition) is 3. The van der Waals surface area contributed by atoms with Crippen LogP contribution >= 0.6 is 11.6 Å². The van der Waals surface area contributed by atoms with Gasteiger partial charge < -0.3 is 0 Å². The van der Waals surface area contributed by atoms with Crippen LogP contribution in [0.5, 0.6) is 0 Å². The van der Waals surface area contributed by atoms with Gasteiger partial charge in [-0.2, -0.15) is 4.80 Å². The minimum atomic E-state index is -0.347. The number of hydrogen-bond donors (Lipinski definition) is 0. The third kappa shape index (κ3) is 4.78. The van der Waals surface area contributed by atoms with Crippen LogP contribution in [0, 0.1) is 12.3 Å². The fraction of sp³-hybridized carbons (Fsp3) is 0.345. The Morgan fingerprint density at radius 1 is 0.912 bits per heavy atom. The minimum absolute atomic E-state index is 0.236. The van der Waals surface area contributed by atoms with Crippen LogP contribution in [0.15, 0.2) is 60.7 Å². The van der Waals surface area contributed by atoms with Crippen LogP contribution in [-0.4, -0.2) is 20.8 Å². The van der Waals surface area contributed by atoms with Gasteiger partial charge in [0.2, 0.25) is 0 Å². The predicted octanol–water partition coefficient (Wildman–Crippen LogP) is 7.26. The summed E-state index contributed by atoms with van der Waals surface area (Å²) in [4.78, 5) is 14.4. The summed E-state index contributed by atoms with van der Waals surface area (Å²) in [6, 6.07) is 20.4. The lowest BCUT2D eigenvalue weighted by Gasteiger charge is -2.29. The van der Waals surface area contributed by atoms with Crippen molar-refractivity contribution < 1.29 is 4.79 Å². The lowest BCUT2D eigenvalue weighted by molar-refractivity contribution is -0.126. The molecule has 0 bridgehead atoms. The van der Waals surface area contributed by atoms with E-state index in [0.717, 1.165) is 27.8 Å². The Morgan fingerprint density at radius 3 is 2.26 bits per heavy atom. The van der Waals surface area contributed by atoms with E-state index in [4.69, 9.17) is 21.8 Å². The van der Waals surface area contributed by atoms with Gasteiger partial charge in [-0.1, -0.05) is 82.6 Å². The molecule has 0 amide bonds. The highest BCUT2D eigenvalue weighted by molar-refractivity contribution is 6.31. The molecule has 0 aliphatic rings. The molecule has 3 aromatic carbocycles. The third-order valence-electron chi connectivity index (χ3n) is 6.64. The van der Waals surface area contributed by atoms with E-state index in [-0.39, 0.29) is 16.6 Å². The van der Waals surface area contributed by atoms with Crippen LogP contribution in [0.2, 0.25) is 5.02 Å². The molecule has 1 heterocycles. The summed E-state index contributed by atoms with van der Waals surface area (Å²) >= 11 is 6.18. The summed E-state index contributed by atoms with van der Waals surface area (Å²) in [5.74, 6) is 0.260. The lowest BCUT2D eigenvalue weighted by Crippen LogP contribution is -2.23. The molecule has 4 rings (SSSR count). The van der Waals surface area contributed by atoms with Crippen LogP contribution in [0.25, 0.3) is 16.7 Å². The average Bonchev–Trinajstić information content (AvgIpc) is 3.20. The van der Waals surface area contributed by atoms with E-state index in [1.807, 2.05) is 45.0 Å². The number of aryl methyl sites for hydroxylation is 1. The van der Waals surface area contributed by atoms with Gasteiger partial charge in [0.1, 0.15) is 16.8 Å². The average molecular weight is 474 g/mol.